The molecule has 5 heteroatoms. The lowest BCUT2D eigenvalue weighted by molar-refractivity contribution is -0.121. The van der Waals surface area contributed by atoms with Crippen molar-refractivity contribution in [3.8, 4) is 0 Å². The lowest BCUT2D eigenvalue weighted by Crippen LogP contribution is -2.29. The van der Waals surface area contributed by atoms with Crippen molar-refractivity contribution in [2.24, 2.45) is 5.84 Å². The number of amides is 1. The molecule has 0 heterocycles. The van der Waals surface area contributed by atoms with Crippen LogP contribution in [0.1, 0.15) is 26.2 Å². The standard InChI is InChI=1S/C8H18N2O2S/c1-7(6-11)13-5-3-2-4-8(12)10-9/h7,11H,2-6,9H2,1H3,(H,10,12). The fourth-order valence-corrected chi connectivity index (χ4v) is 1.68. The molecule has 0 aromatic rings. The van der Waals surface area contributed by atoms with Crippen molar-refractivity contribution in [2.45, 2.75) is 31.4 Å². The molecule has 78 valence electrons. The summed E-state index contributed by atoms with van der Waals surface area (Å²) in [5.41, 5.74) is 2.09. The number of aliphatic hydroxyl groups excluding tert-OH is 1. The molecule has 0 bridgehead atoms. The zero-order valence-electron chi connectivity index (χ0n) is 7.95. The Morgan fingerprint density at radius 3 is 2.85 bits per heavy atom. The Morgan fingerprint density at radius 2 is 2.31 bits per heavy atom. The van der Waals surface area contributed by atoms with Crippen molar-refractivity contribution in [3.63, 3.8) is 0 Å². The first-order valence-corrected chi connectivity index (χ1v) is 5.47. The molecular weight excluding hydrogens is 188 g/mol. The third-order valence-electron chi connectivity index (χ3n) is 1.62. The average molecular weight is 206 g/mol. The van der Waals surface area contributed by atoms with E-state index < -0.39 is 0 Å². The number of nitrogens with one attached hydrogen (secondary N) is 1. The SMILES string of the molecule is CC(CO)SCCCCC(=O)NN. The molecule has 13 heavy (non-hydrogen) atoms. The molecule has 1 atom stereocenters. The van der Waals surface area contributed by atoms with Crippen LogP contribution in [-0.2, 0) is 4.79 Å². The Kier molecular flexibility index (Phi) is 8.18. The van der Waals surface area contributed by atoms with Crippen LogP contribution >= 0.6 is 11.8 Å². The van der Waals surface area contributed by atoms with Gasteiger partial charge in [-0.2, -0.15) is 11.8 Å². The van der Waals surface area contributed by atoms with Crippen molar-refractivity contribution >= 4 is 17.7 Å². The Morgan fingerprint density at radius 1 is 1.62 bits per heavy atom. The molecule has 0 fully saturated rings. The lowest BCUT2D eigenvalue weighted by Gasteiger charge is -2.06. The van der Waals surface area contributed by atoms with Gasteiger partial charge in [0.1, 0.15) is 0 Å². The first kappa shape index (κ1) is 12.7. The minimum atomic E-state index is -0.111. The quantitative estimate of drug-likeness (QED) is 0.242. The second-order valence-electron chi connectivity index (χ2n) is 2.89. The molecule has 4 nitrogen and oxygen atoms in total. The van der Waals surface area contributed by atoms with E-state index >= 15 is 0 Å². The second-order valence-corrected chi connectivity index (χ2v) is 4.43. The number of hydrogen-bond donors (Lipinski definition) is 3. The molecule has 0 rings (SSSR count). The lowest BCUT2D eigenvalue weighted by atomic mass is 10.2. The predicted octanol–water partition coefficient (Wildman–Crippen LogP) is 0.261. The van der Waals surface area contributed by atoms with Crippen LogP contribution in [-0.4, -0.2) is 28.6 Å². The van der Waals surface area contributed by atoms with Gasteiger partial charge in [-0.15, -0.1) is 0 Å². The third kappa shape index (κ3) is 8.08. The number of carbonyl (C=O) groups is 1. The molecular formula is C8H18N2O2S. The summed E-state index contributed by atoms with van der Waals surface area (Å²) in [6.45, 7) is 2.20. The molecule has 0 spiro atoms. The Bertz CT molecular complexity index is 144. The average Bonchev–Trinajstić information content (AvgIpc) is 2.16. The smallest absolute Gasteiger partial charge is 0.233 e. The zero-order chi connectivity index (χ0) is 10.1. The van der Waals surface area contributed by atoms with E-state index in [1.807, 2.05) is 6.92 Å². The minimum Gasteiger partial charge on any atom is -0.395 e. The maximum absolute atomic E-state index is 10.7. The topological polar surface area (TPSA) is 75.3 Å². The van der Waals surface area contributed by atoms with Gasteiger partial charge in [0.05, 0.1) is 6.61 Å². The maximum Gasteiger partial charge on any atom is 0.233 e. The number of aliphatic hydroxyl groups is 1. The Balaban J connectivity index is 3.12. The van der Waals surface area contributed by atoms with Crippen molar-refractivity contribution in [1.82, 2.24) is 5.43 Å². The molecule has 0 aromatic heterocycles. The van der Waals surface area contributed by atoms with E-state index in [-0.39, 0.29) is 12.5 Å². The first-order valence-electron chi connectivity index (χ1n) is 4.42. The van der Waals surface area contributed by atoms with E-state index in [0.29, 0.717) is 11.7 Å². The van der Waals surface area contributed by atoms with Gasteiger partial charge in [-0.05, 0) is 18.6 Å². The van der Waals surface area contributed by atoms with Crippen LogP contribution in [0.15, 0.2) is 0 Å². The van der Waals surface area contributed by atoms with E-state index in [1.165, 1.54) is 0 Å². The van der Waals surface area contributed by atoms with Crippen molar-refractivity contribution in [1.29, 1.82) is 0 Å². The summed E-state index contributed by atoms with van der Waals surface area (Å²) < 4.78 is 0. The largest absolute Gasteiger partial charge is 0.395 e. The normalized spacial score (nSPS) is 12.5. The molecule has 0 saturated carbocycles. The van der Waals surface area contributed by atoms with Crippen LogP contribution in [0.3, 0.4) is 0 Å². The van der Waals surface area contributed by atoms with Crippen LogP contribution in [0.5, 0.6) is 0 Å². The van der Waals surface area contributed by atoms with Gasteiger partial charge in [-0.1, -0.05) is 6.92 Å². The summed E-state index contributed by atoms with van der Waals surface area (Å²) in [6, 6.07) is 0. The Labute approximate surface area is 83.2 Å². The molecule has 0 aliphatic rings. The number of hydrogen-bond acceptors (Lipinski definition) is 4. The molecule has 0 aliphatic carbocycles. The summed E-state index contributed by atoms with van der Waals surface area (Å²) in [4.78, 5) is 10.7. The summed E-state index contributed by atoms with van der Waals surface area (Å²) in [5, 5.41) is 9.01. The fraction of sp³-hybridized carbons (Fsp3) is 0.875. The predicted molar refractivity (Wildman–Crippen MR) is 55.2 cm³/mol. The minimum absolute atomic E-state index is 0.111. The highest BCUT2D eigenvalue weighted by Crippen LogP contribution is 2.12. The number of rotatable bonds is 7. The summed E-state index contributed by atoms with van der Waals surface area (Å²) in [6.07, 6.45) is 2.33. The second kappa shape index (κ2) is 8.34. The van der Waals surface area contributed by atoms with E-state index in [9.17, 15) is 4.79 Å². The van der Waals surface area contributed by atoms with Crippen molar-refractivity contribution in [3.05, 3.63) is 0 Å². The van der Waals surface area contributed by atoms with Gasteiger partial charge in [0.15, 0.2) is 0 Å². The Hall–Kier alpha value is -0.260. The molecule has 0 aromatic carbocycles. The highest BCUT2D eigenvalue weighted by Gasteiger charge is 2.01. The molecule has 0 radical (unpaired) electrons. The fourth-order valence-electron chi connectivity index (χ4n) is 0.797. The number of nitrogens with two attached hydrogens (primary N) is 1. The van der Waals surface area contributed by atoms with Gasteiger partial charge in [0.2, 0.25) is 5.91 Å². The summed E-state index contributed by atoms with van der Waals surface area (Å²) in [7, 11) is 0. The molecule has 0 saturated heterocycles. The maximum atomic E-state index is 10.7. The van der Waals surface area contributed by atoms with Crippen LogP contribution in [0.25, 0.3) is 0 Å². The van der Waals surface area contributed by atoms with Crippen LogP contribution < -0.4 is 11.3 Å². The number of carbonyl (C=O) groups excluding carboxylic acids is 1. The highest BCUT2D eigenvalue weighted by atomic mass is 32.2. The van der Waals surface area contributed by atoms with E-state index in [4.69, 9.17) is 10.9 Å². The third-order valence-corrected chi connectivity index (χ3v) is 2.86. The summed E-state index contributed by atoms with van der Waals surface area (Å²) >= 11 is 1.72. The van der Waals surface area contributed by atoms with Crippen LogP contribution in [0.2, 0.25) is 0 Å². The number of thioether (sulfide) groups is 1. The van der Waals surface area contributed by atoms with Crippen LogP contribution in [0.4, 0.5) is 0 Å². The van der Waals surface area contributed by atoms with Gasteiger partial charge in [0, 0.05) is 11.7 Å². The molecule has 4 N–H and O–H groups in total. The van der Waals surface area contributed by atoms with E-state index in [2.05, 4.69) is 5.43 Å². The first-order chi connectivity index (χ1) is 6.20. The van der Waals surface area contributed by atoms with Crippen LogP contribution in [0, 0.1) is 0 Å². The molecule has 0 aliphatic heterocycles. The highest BCUT2D eigenvalue weighted by molar-refractivity contribution is 7.99. The number of unbranched alkanes of at least 4 members (excludes halogenated alkanes) is 1. The van der Waals surface area contributed by atoms with Gasteiger partial charge in [-0.25, -0.2) is 5.84 Å². The van der Waals surface area contributed by atoms with E-state index in [1.54, 1.807) is 11.8 Å². The molecule has 1 unspecified atom stereocenters. The van der Waals surface area contributed by atoms with Gasteiger partial charge in [0.25, 0.3) is 0 Å². The van der Waals surface area contributed by atoms with Gasteiger partial charge in [-0.3, -0.25) is 10.2 Å². The van der Waals surface area contributed by atoms with E-state index in [0.717, 1.165) is 18.6 Å². The van der Waals surface area contributed by atoms with Crippen molar-refractivity contribution < 1.29 is 9.90 Å². The van der Waals surface area contributed by atoms with Crippen molar-refractivity contribution in [2.75, 3.05) is 12.4 Å². The summed E-state index contributed by atoms with van der Waals surface area (Å²) in [5.74, 6) is 5.79. The monoisotopic (exact) mass is 206 g/mol. The molecule has 1 amide bonds. The number of hydrazine groups is 1. The zero-order valence-corrected chi connectivity index (χ0v) is 8.77. The van der Waals surface area contributed by atoms with Gasteiger partial charge >= 0.3 is 0 Å². The van der Waals surface area contributed by atoms with Gasteiger partial charge < -0.3 is 5.11 Å².